The molecule has 27 heavy (non-hydrogen) atoms. The van der Waals surface area contributed by atoms with Crippen LogP contribution in [-0.4, -0.2) is 17.2 Å². The van der Waals surface area contributed by atoms with Gasteiger partial charge < -0.3 is 5.11 Å². The summed E-state index contributed by atoms with van der Waals surface area (Å²) in [4.78, 5) is 10.8. The molecule has 0 saturated heterocycles. The number of benzene rings is 2. The zero-order valence-electron chi connectivity index (χ0n) is 15.4. The predicted molar refractivity (Wildman–Crippen MR) is 115 cm³/mol. The van der Waals surface area contributed by atoms with Crippen LogP contribution >= 0.6 is 7.26 Å². The summed E-state index contributed by atoms with van der Waals surface area (Å²) in [6.07, 6.45) is 15.5. The molecular formula is C24H25O2P+2. The molecule has 0 radical (unpaired) electrons. The Kier molecular flexibility index (Phi) is 6.71. The van der Waals surface area contributed by atoms with E-state index in [1.165, 1.54) is 15.9 Å². The Morgan fingerprint density at radius 1 is 0.889 bits per heavy atom. The van der Waals surface area contributed by atoms with E-state index in [0.29, 0.717) is 0 Å². The molecule has 0 spiro atoms. The number of hydrogen-bond acceptors (Lipinski definition) is 1. The van der Waals surface area contributed by atoms with Crippen molar-refractivity contribution in [1.82, 2.24) is 0 Å². The molecule has 0 aliphatic heterocycles. The highest BCUT2D eigenvalue weighted by atomic mass is 31.2. The topological polar surface area (TPSA) is 37.3 Å². The van der Waals surface area contributed by atoms with E-state index in [-0.39, 0.29) is 6.42 Å². The lowest BCUT2D eigenvalue weighted by Gasteiger charge is -2.26. The third-order valence-electron chi connectivity index (χ3n) is 4.92. The van der Waals surface area contributed by atoms with Gasteiger partial charge >= 0.3 is 5.97 Å². The molecule has 3 heteroatoms. The number of allylic oxidation sites excluding steroid dienone is 6. The molecule has 0 saturated carbocycles. The Balaban J connectivity index is 2.00. The van der Waals surface area contributed by atoms with Crippen LogP contribution in [0, 0.1) is 6.08 Å². The van der Waals surface area contributed by atoms with E-state index in [0.717, 1.165) is 25.4 Å². The van der Waals surface area contributed by atoms with Crippen LogP contribution in [0.15, 0.2) is 90.3 Å². The number of unbranched alkanes of at least 4 members (excludes halogenated alkanes) is 2. The second-order valence-corrected chi connectivity index (χ2v) is 10.3. The van der Waals surface area contributed by atoms with Gasteiger partial charge in [0.1, 0.15) is 30.0 Å². The number of carboxylic acids is 1. The third kappa shape index (κ3) is 4.61. The fourth-order valence-electron chi connectivity index (χ4n) is 3.63. The van der Waals surface area contributed by atoms with Crippen molar-refractivity contribution in [1.29, 1.82) is 0 Å². The van der Waals surface area contributed by atoms with Crippen molar-refractivity contribution < 1.29 is 9.90 Å². The van der Waals surface area contributed by atoms with E-state index >= 15 is 0 Å². The van der Waals surface area contributed by atoms with Crippen LogP contribution in [0.1, 0.15) is 25.7 Å². The Morgan fingerprint density at radius 2 is 1.52 bits per heavy atom. The SMILES string of the molecule is O=C(O)CCCCC[P+](C1=CC=[C+]C=C1)(c1ccccc1)c1ccccc1. The zero-order chi connectivity index (χ0) is 19.0. The zero-order valence-corrected chi connectivity index (χ0v) is 16.3. The van der Waals surface area contributed by atoms with Crippen molar-refractivity contribution in [3.05, 3.63) is 96.4 Å². The van der Waals surface area contributed by atoms with Gasteiger partial charge in [-0.2, -0.15) is 0 Å². The smallest absolute Gasteiger partial charge is 0.303 e. The first kappa shape index (κ1) is 19.2. The average Bonchev–Trinajstić information content (AvgIpc) is 2.73. The van der Waals surface area contributed by atoms with Gasteiger partial charge in [0.15, 0.2) is 0 Å². The molecule has 0 amide bonds. The minimum Gasteiger partial charge on any atom is -0.481 e. The van der Waals surface area contributed by atoms with Gasteiger partial charge in [0.25, 0.3) is 0 Å². The largest absolute Gasteiger partial charge is 0.481 e. The summed E-state index contributed by atoms with van der Waals surface area (Å²) >= 11 is 0. The first-order chi connectivity index (χ1) is 13.2. The third-order valence-corrected chi connectivity index (χ3v) is 9.45. The van der Waals surface area contributed by atoms with E-state index in [1.807, 2.05) is 12.2 Å². The van der Waals surface area contributed by atoms with Crippen molar-refractivity contribution in [2.45, 2.75) is 25.7 Å². The molecule has 0 fully saturated rings. The standard InChI is InChI=1S/C24H24O2P/c25-24(26)19-11-4-12-20-27(21-13-5-1-6-14-21,22-15-7-2-8-16-22)23-17-9-3-10-18-23/h1-2,5-10,13-18H,4,11-12,19-20H2/q+1/p+1. The van der Waals surface area contributed by atoms with Gasteiger partial charge in [-0.3, -0.25) is 4.79 Å². The molecule has 2 aromatic rings. The molecule has 3 rings (SSSR count). The summed E-state index contributed by atoms with van der Waals surface area (Å²) in [5, 5.41) is 13.0. The minimum atomic E-state index is -1.78. The molecule has 0 heterocycles. The number of hydrogen-bond donors (Lipinski definition) is 1. The van der Waals surface area contributed by atoms with Crippen LogP contribution < -0.4 is 10.6 Å². The number of rotatable bonds is 9. The summed E-state index contributed by atoms with van der Waals surface area (Å²) in [7, 11) is -1.78. The lowest BCUT2D eigenvalue weighted by Crippen LogP contribution is -2.26. The van der Waals surface area contributed by atoms with Gasteiger partial charge in [0, 0.05) is 12.5 Å². The summed E-state index contributed by atoms with van der Waals surface area (Å²) in [5.74, 6) is -0.708. The lowest BCUT2D eigenvalue weighted by atomic mass is 10.2. The molecule has 0 aromatic heterocycles. The summed E-state index contributed by atoms with van der Waals surface area (Å²) in [5.41, 5.74) is 0. The number of carboxylic acid groups (broad SMARTS) is 1. The fourth-order valence-corrected chi connectivity index (χ4v) is 8.02. The second kappa shape index (κ2) is 9.42. The van der Waals surface area contributed by atoms with Gasteiger partial charge in [0.05, 0.1) is 18.3 Å². The Bertz CT molecular complexity index is 796. The highest BCUT2D eigenvalue weighted by molar-refractivity contribution is 7.93. The molecule has 0 unspecified atom stereocenters. The van der Waals surface area contributed by atoms with E-state index < -0.39 is 13.2 Å². The molecule has 2 nitrogen and oxygen atoms in total. The summed E-state index contributed by atoms with van der Waals surface area (Å²) in [6.45, 7) is 0. The lowest BCUT2D eigenvalue weighted by molar-refractivity contribution is -0.137. The van der Waals surface area contributed by atoms with Crippen molar-refractivity contribution in [3.63, 3.8) is 0 Å². The van der Waals surface area contributed by atoms with Crippen molar-refractivity contribution in [3.8, 4) is 0 Å². The number of aliphatic carboxylic acids is 1. The molecule has 1 aliphatic carbocycles. The first-order valence-electron chi connectivity index (χ1n) is 9.41. The van der Waals surface area contributed by atoms with Gasteiger partial charge in [0.2, 0.25) is 5.31 Å². The normalized spacial score (nSPS) is 13.1. The Labute approximate surface area is 162 Å². The summed E-state index contributed by atoms with van der Waals surface area (Å²) in [6, 6.07) is 21.6. The van der Waals surface area contributed by atoms with E-state index in [1.54, 1.807) is 0 Å². The maximum absolute atomic E-state index is 10.8. The molecular weight excluding hydrogens is 351 g/mol. The van der Waals surface area contributed by atoms with E-state index in [4.69, 9.17) is 5.11 Å². The fraction of sp³-hybridized carbons (Fsp3) is 0.208. The van der Waals surface area contributed by atoms with Gasteiger partial charge in [-0.1, -0.05) is 36.4 Å². The minimum absolute atomic E-state index is 0.252. The van der Waals surface area contributed by atoms with Crippen molar-refractivity contribution in [2.75, 3.05) is 6.16 Å². The summed E-state index contributed by atoms with van der Waals surface area (Å²) < 4.78 is 0. The van der Waals surface area contributed by atoms with Gasteiger partial charge in [-0.25, -0.2) is 0 Å². The molecule has 0 bridgehead atoms. The van der Waals surface area contributed by atoms with Crippen LogP contribution in [0.3, 0.4) is 0 Å². The number of carbonyl (C=O) groups is 1. The molecule has 1 aliphatic rings. The van der Waals surface area contributed by atoms with Crippen LogP contribution in [0.5, 0.6) is 0 Å². The highest BCUT2D eigenvalue weighted by Crippen LogP contribution is 2.64. The second-order valence-electron chi connectivity index (χ2n) is 6.67. The first-order valence-corrected chi connectivity index (χ1v) is 11.4. The average molecular weight is 376 g/mol. The monoisotopic (exact) mass is 376 g/mol. The van der Waals surface area contributed by atoms with Gasteiger partial charge in [-0.05, 0) is 43.5 Å². The quantitative estimate of drug-likeness (QED) is 0.375. The van der Waals surface area contributed by atoms with Crippen molar-refractivity contribution >= 4 is 23.8 Å². The molecule has 2 aromatic carbocycles. The highest BCUT2D eigenvalue weighted by Gasteiger charge is 2.48. The Hall–Kier alpha value is -2.53. The Morgan fingerprint density at radius 3 is 2.04 bits per heavy atom. The maximum atomic E-state index is 10.8. The predicted octanol–water partition coefficient (Wildman–Crippen LogP) is 5.11. The van der Waals surface area contributed by atoms with E-state index in [9.17, 15) is 4.79 Å². The molecule has 1 N–H and O–H groups in total. The van der Waals surface area contributed by atoms with Gasteiger partial charge in [-0.15, -0.1) is 0 Å². The van der Waals surface area contributed by atoms with E-state index in [2.05, 4.69) is 78.9 Å². The van der Waals surface area contributed by atoms with Crippen LogP contribution in [0.25, 0.3) is 0 Å². The molecule has 0 atom stereocenters. The van der Waals surface area contributed by atoms with Crippen LogP contribution in [0.2, 0.25) is 0 Å². The molecule has 136 valence electrons. The van der Waals surface area contributed by atoms with Crippen LogP contribution in [-0.2, 0) is 4.79 Å². The van der Waals surface area contributed by atoms with Crippen molar-refractivity contribution in [2.24, 2.45) is 0 Å². The maximum Gasteiger partial charge on any atom is 0.303 e. The van der Waals surface area contributed by atoms with Crippen LogP contribution in [0.4, 0.5) is 0 Å².